The molecule has 0 unspecified atom stereocenters. The van der Waals surface area contributed by atoms with Crippen LogP contribution in [0.3, 0.4) is 0 Å². The van der Waals surface area contributed by atoms with Crippen LogP contribution in [-0.4, -0.2) is 43.6 Å². The van der Waals surface area contributed by atoms with Gasteiger partial charge in [-0.2, -0.15) is 0 Å². The van der Waals surface area contributed by atoms with E-state index in [1.807, 2.05) is 52.2 Å². The van der Waals surface area contributed by atoms with Gasteiger partial charge < -0.3 is 0 Å². The van der Waals surface area contributed by atoms with Gasteiger partial charge in [0.2, 0.25) is 17.8 Å². The molecular formula is C132H79N9S3. The molecule has 9 nitrogen and oxygen atoms in total. The number of nitrogens with zero attached hydrogens (tertiary/aromatic N) is 9. The van der Waals surface area contributed by atoms with E-state index in [-0.39, 0.29) is 0 Å². The van der Waals surface area contributed by atoms with Crippen molar-refractivity contribution in [3.8, 4) is 96.1 Å². The third-order valence-electron chi connectivity index (χ3n) is 28.8. The predicted molar refractivity (Wildman–Crippen MR) is 611 cm³/mol. The van der Waals surface area contributed by atoms with Gasteiger partial charge in [0, 0.05) is 137 Å². The summed E-state index contributed by atoms with van der Waals surface area (Å²) in [6.07, 6.45) is 0. The summed E-state index contributed by atoms with van der Waals surface area (Å²) in [5, 5.41) is 25.5. The minimum atomic E-state index is 0.660. The zero-order chi connectivity index (χ0) is 94.6. The molecule has 0 radical (unpaired) electrons. The molecule has 0 atom stereocenters. The number of rotatable bonds is 10. The number of benzene rings is 22. The van der Waals surface area contributed by atoms with Crippen molar-refractivity contribution in [2.75, 3.05) is 0 Å². The number of hydrogen-bond donors (Lipinski definition) is 0. The fourth-order valence-electron chi connectivity index (χ4n) is 22.3. The van der Waals surface area contributed by atoms with Gasteiger partial charge in [0.05, 0.1) is 66.7 Å². The molecule has 0 aliphatic heterocycles. The second-order valence-electron chi connectivity index (χ2n) is 36.9. The molecule has 0 fully saturated rings. The Morgan fingerprint density at radius 1 is 0.153 bits per heavy atom. The monoisotopic (exact) mass is 1890 g/mol. The average Bonchev–Trinajstić information content (AvgIpc) is 1.56. The average molecular weight is 1890 g/mol. The number of para-hydroxylation sites is 6. The molecule has 0 spiro atoms. The Hall–Kier alpha value is -18.3. The van der Waals surface area contributed by atoms with Crippen molar-refractivity contribution in [3.05, 3.63) is 479 Å². The summed E-state index contributed by atoms with van der Waals surface area (Å²) < 4.78 is 14.7. The molecule has 0 N–H and O–H groups in total. The molecule has 9 heterocycles. The van der Waals surface area contributed by atoms with Crippen LogP contribution < -0.4 is 0 Å². The van der Waals surface area contributed by atoms with Gasteiger partial charge in [-0.1, -0.05) is 388 Å². The Morgan fingerprint density at radius 2 is 0.451 bits per heavy atom. The number of fused-ring (bicyclic) bond motifs is 27. The van der Waals surface area contributed by atoms with E-state index in [0.717, 1.165) is 99.6 Å². The van der Waals surface area contributed by atoms with Crippen molar-refractivity contribution in [1.82, 2.24) is 43.6 Å². The van der Waals surface area contributed by atoms with Crippen LogP contribution in [0.5, 0.6) is 0 Å². The van der Waals surface area contributed by atoms with Crippen LogP contribution in [0.4, 0.5) is 0 Å². The summed E-state index contributed by atoms with van der Waals surface area (Å²) in [5.74, 6) is 2.01. The topological polar surface area (TPSA) is 92.1 Å². The maximum Gasteiger partial charge on any atom is 0.235 e. The van der Waals surface area contributed by atoms with Gasteiger partial charge in [-0.25, -0.2) is 29.9 Å². The van der Waals surface area contributed by atoms with E-state index in [2.05, 4.69) is 475 Å². The van der Waals surface area contributed by atoms with Crippen molar-refractivity contribution in [2.24, 2.45) is 0 Å². The molecule has 31 rings (SSSR count). The Balaban J connectivity index is 0.000000103. The molecule has 0 aliphatic rings. The molecule has 0 aliphatic carbocycles. The quantitative estimate of drug-likeness (QED) is 0.135. The molecule has 31 aromatic rings. The van der Waals surface area contributed by atoms with E-state index in [1.165, 1.54) is 170 Å². The minimum Gasteiger partial charge on any atom is -0.278 e. The summed E-state index contributed by atoms with van der Waals surface area (Å²) in [6, 6.07) is 171. The largest absolute Gasteiger partial charge is 0.278 e. The smallest absolute Gasteiger partial charge is 0.235 e. The lowest BCUT2D eigenvalue weighted by Crippen LogP contribution is -2.03. The highest BCUT2D eigenvalue weighted by Gasteiger charge is 2.28. The SMILES string of the molecule is c1ccc(-c2ccc(-c3nc(-n4c5ccccc5c5c6ccccc6c(-c6cccc7c6sc6ccccc67)cc54)nc4ccccc34)cc2)cc1.c1ccc(-c2nc(-n3c4ccccc4c4c5cc(-c6ccc7sc8ccccc8c7c6)ccc5ccc43)nc3ccccc23)cc1.c1ccc(-c2nc(-n3c4ccccc4c4c5ccccc5c(-c5cccc6c5sc5ccccc56)cc43)nc3ccccc23)cc1. The van der Waals surface area contributed by atoms with E-state index in [9.17, 15) is 0 Å². The summed E-state index contributed by atoms with van der Waals surface area (Å²) in [7, 11) is 0. The fraction of sp³-hybridized carbons (Fsp3) is 0. The molecule has 0 saturated carbocycles. The third-order valence-corrected chi connectivity index (χ3v) is 32.4. The van der Waals surface area contributed by atoms with Gasteiger partial charge in [0.15, 0.2) is 0 Å². The predicted octanol–water partition coefficient (Wildman–Crippen LogP) is 36.4. The van der Waals surface area contributed by atoms with Crippen LogP contribution in [0.1, 0.15) is 0 Å². The van der Waals surface area contributed by atoms with Crippen LogP contribution in [0.2, 0.25) is 0 Å². The lowest BCUT2D eigenvalue weighted by Gasteiger charge is -2.14. The van der Waals surface area contributed by atoms with Crippen molar-refractivity contribution >= 4 is 225 Å². The molecule has 0 amide bonds. The molecule has 22 aromatic carbocycles. The normalized spacial score (nSPS) is 11.9. The molecule has 670 valence electrons. The van der Waals surface area contributed by atoms with Gasteiger partial charge in [-0.05, 0) is 157 Å². The summed E-state index contributed by atoms with van der Waals surface area (Å²) in [4.78, 5) is 31.7. The van der Waals surface area contributed by atoms with E-state index in [1.54, 1.807) is 0 Å². The number of hydrogen-bond acceptors (Lipinski definition) is 9. The second-order valence-corrected chi connectivity index (χ2v) is 40.1. The summed E-state index contributed by atoms with van der Waals surface area (Å²) in [5.41, 5.74) is 25.0. The Labute approximate surface area is 837 Å². The minimum absolute atomic E-state index is 0.660. The first-order valence-electron chi connectivity index (χ1n) is 48.6. The fourth-order valence-corrected chi connectivity index (χ4v) is 25.9. The van der Waals surface area contributed by atoms with Gasteiger partial charge >= 0.3 is 0 Å². The number of aromatic nitrogens is 9. The van der Waals surface area contributed by atoms with Crippen molar-refractivity contribution < 1.29 is 0 Å². The van der Waals surface area contributed by atoms with Gasteiger partial charge in [-0.3, -0.25) is 13.7 Å². The first kappa shape index (κ1) is 82.7. The van der Waals surface area contributed by atoms with Crippen LogP contribution >= 0.6 is 34.0 Å². The van der Waals surface area contributed by atoms with Gasteiger partial charge in [-0.15, -0.1) is 34.0 Å². The van der Waals surface area contributed by atoms with Crippen molar-refractivity contribution in [2.45, 2.75) is 0 Å². The third kappa shape index (κ3) is 13.5. The number of thiophene rings is 3. The summed E-state index contributed by atoms with van der Waals surface area (Å²) in [6.45, 7) is 0. The van der Waals surface area contributed by atoms with E-state index in [4.69, 9.17) is 29.9 Å². The maximum atomic E-state index is 5.43. The van der Waals surface area contributed by atoms with E-state index in [0.29, 0.717) is 17.8 Å². The van der Waals surface area contributed by atoms with Gasteiger partial charge in [0.1, 0.15) is 0 Å². The first-order chi connectivity index (χ1) is 71.4. The maximum absolute atomic E-state index is 5.43. The van der Waals surface area contributed by atoms with Gasteiger partial charge in [0.25, 0.3) is 0 Å². The van der Waals surface area contributed by atoms with E-state index >= 15 is 0 Å². The first-order valence-corrected chi connectivity index (χ1v) is 51.1. The Bertz CT molecular complexity index is 10700. The standard InChI is InChI=1S/C48H29N3S.2C42H25N3S/c1-2-13-30(14-3-1)31-25-27-32(28-26-31)46-38-18-6-9-22-41(38)49-48(50-46)51-42-23-10-7-19-39(42)45-35-17-5-4-15-33(35)40(29-43(45)51)37-21-12-20-36-34-16-8-11-24-44(34)52-47(36)37;1-2-10-27(11-3-1)41-31-13-4-7-15-35(31)43-42(44-41)45-36-16-8-5-14-32(36)40-33-24-28(19-18-26(33)20-22-37(40)45)29-21-23-39-34(25-29)30-12-6-9-17-38(30)46-39;1-2-13-26(14-3-1)40-32-18-6-9-22-35(32)43-42(44-40)45-36-23-10-7-19-33(36)39-29-17-5-4-15-27(29)34(25-37(39)45)31-21-12-20-30-28-16-8-11-24-38(28)46-41(30)31/h1-29H;2*1-25H. The van der Waals surface area contributed by atoms with E-state index < -0.39 is 0 Å². The van der Waals surface area contributed by atoms with Crippen molar-refractivity contribution in [1.29, 1.82) is 0 Å². The molecule has 0 saturated heterocycles. The summed E-state index contributed by atoms with van der Waals surface area (Å²) >= 11 is 5.60. The lowest BCUT2D eigenvalue weighted by atomic mass is 9.94. The molecule has 9 aromatic heterocycles. The van der Waals surface area contributed by atoms with Crippen LogP contribution in [0.25, 0.3) is 287 Å². The molecular weight excluding hydrogens is 1810 g/mol. The van der Waals surface area contributed by atoms with Crippen LogP contribution in [0, 0.1) is 0 Å². The second kappa shape index (κ2) is 33.8. The molecule has 144 heavy (non-hydrogen) atoms. The highest BCUT2D eigenvalue weighted by atomic mass is 32.1. The lowest BCUT2D eigenvalue weighted by molar-refractivity contribution is 1.01. The highest BCUT2D eigenvalue weighted by molar-refractivity contribution is 7.27. The molecule has 12 heteroatoms. The van der Waals surface area contributed by atoms with Crippen LogP contribution in [0.15, 0.2) is 479 Å². The zero-order valence-corrected chi connectivity index (χ0v) is 79.8. The Morgan fingerprint density at radius 3 is 0.903 bits per heavy atom. The Kier molecular flexibility index (Phi) is 19.4. The zero-order valence-electron chi connectivity index (χ0n) is 77.4. The van der Waals surface area contributed by atoms with Crippen LogP contribution in [-0.2, 0) is 0 Å². The molecule has 0 bridgehead atoms. The highest BCUT2D eigenvalue weighted by Crippen LogP contribution is 2.51. The van der Waals surface area contributed by atoms with Crippen molar-refractivity contribution in [3.63, 3.8) is 0 Å².